The lowest BCUT2D eigenvalue weighted by atomic mass is 9.98. The van der Waals surface area contributed by atoms with E-state index in [0.29, 0.717) is 17.3 Å². The second-order valence-corrected chi connectivity index (χ2v) is 6.78. The average Bonchev–Trinajstić information content (AvgIpc) is 3.30. The summed E-state index contributed by atoms with van der Waals surface area (Å²) in [4.78, 5) is 14.1. The number of aliphatic hydroxyl groups is 4. The molecular weight excluding hydrogens is 383 g/mol. The van der Waals surface area contributed by atoms with Gasteiger partial charge >= 0.3 is 6.18 Å². The van der Waals surface area contributed by atoms with Gasteiger partial charge in [-0.15, -0.1) is 0 Å². The van der Waals surface area contributed by atoms with Crippen LogP contribution in [-0.2, 0) is 0 Å². The standard InChI is InChI=1S/C16H16F3N5O4/c17-16(18,19)2-1-9(25)7-3-8(13(28)12(7)27)23-5-21-11-14-20-4-10(26)24(14)6-22-15(11)23/h5-10,12-13,25-28H,3-4H2/t7?,8-,9-,10?,12-,13+/m1/s1. The van der Waals surface area contributed by atoms with Gasteiger partial charge in [0.15, 0.2) is 23.6 Å². The highest BCUT2D eigenvalue weighted by Crippen LogP contribution is 2.41. The smallest absolute Gasteiger partial charge is 0.390 e. The first kappa shape index (κ1) is 18.9. The highest BCUT2D eigenvalue weighted by atomic mass is 19.4. The van der Waals surface area contributed by atoms with Gasteiger partial charge in [-0.05, 0) is 6.42 Å². The average molecular weight is 399 g/mol. The van der Waals surface area contributed by atoms with E-state index in [1.807, 2.05) is 0 Å². The molecule has 28 heavy (non-hydrogen) atoms. The molecule has 150 valence electrons. The van der Waals surface area contributed by atoms with Crippen LogP contribution < -0.4 is 0 Å². The molecule has 0 spiro atoms. The Labute approximate surface area is 156 Å². The Balaban J connectivity index is 1.60. The van der Waals surface area contributed by atoms with Crippen molar-refractivity contribution >= 4 is 18.0 Å². The molecular formula is C16H16F3N5O4. The summed E-state index contributed by atoms with van der Waals surface area (Å²) >= 11 is 0. The Morgan fingerprint density at radius 1 is 1.21 bits per heavy atom. The number of rotatable bonds is 2. The number of aromatic nitrogens is 2. The molecule has 9 nitrogen and oxygen atoms in total. The lowest BCUT2D eigenvalue weighted by Crippen LogP contribution is -2.37. The van der Waals surface area contributed by atoms with Crippen LogP contribution in [0.3, 0.4) is 0 Å². The Kier molecular flexibility index (Phi) is 4.42. The Morgan fingerprint density at radius 3 is 2.68 bits per heavy atom. The molecule has 1 aliphatic carbocycles. The van der Waals surface area contributed by atoms with Gasteiger partial charge in [-0.25, -0.2) is 9.98 Å². The van der Waals surface area contributed by atoms with Crippen molar-refractivity contribution in [2.24, 2.45) is 15.9 Å². The monoisotopic (exact) mass is 399 g/mol. The molecule has 1 aromatic heterocycles. The molecule has 2 unspecified atom stereocenters. The summed E-state index contributed by atoms with van der Waals surface area (Å²) in [7, 11) is 0. The third kappa shape index (κ3) is 3.06. The highest BCUT2D eigenvalue weighted by molar-refractivity contribution is 6.09. The largest absolute Gasteiger partial charge is 0.457 e. The van der Waals surface area contributed by atoms with Crippen molar-refractivity contribution in [2.45, 2.75) is 43.2 Å². The fourth-order valence-electron chi connectivity index (χ4n) is 3.70. The number of hydrogen-bond donors (Lipinski definition) is 4. The first-order valence-electron chi connectivity index (χ1n) is 8.43. The van der Waals surface area contributed by atoms with Crippen molar-refractivity contribution in [3.05, 3.63) is 12.0 Å². The molecule has 1 fully saturated rings. The van der Waals surface area contributed by atoms with E-state index in [1.54, 1.807) is 5.92 Å². The molecule has 3 heterocycles. The molecule has 1 aromatic rings. The Bertz CT molecular complexity index is 902. The van der Waals surface area contributed by atoms with Gasteiger partial charge in [0.1, 0.15) is 18.5 Å². The van der Waals surface area contributed by atoms with E-state index in [4.69, 9.17) is 0 Å². The van der Waals surface area contributed by atoms with Crippen LogP contribution in [0.15, 0.2) is 16.3 Å². The van der Waals surface area contributed by atoms with Gasteiger partial charge in [-0.3, -0.25) is 9.89 Å². The third-order valence-corrected chi connectivity index (χ3v) is 5.07. The zero-order chi connectivity index (χ0) is 20.2. The number of fused-ring (bicyclic) bond motifs is 3. The van der Waals surface area contributed by atoms with Gasteiger partial charge in [0.05, 0.1) is 25.0 Å². The van der Waals surface area contributed by atoms with Gasteiger partial charge in [0.25, 0.3) is 0 Å². The highest BCUT2D eigenvalue weighted by Gasteiger charge is 2.47. The molecule has 2 aliphatic heterocycles. The summed E-state index contributed by atoms with van der Waals surface area (Å²) in [5.74, 6) is 2.33. The van der Waals surface area contributed by atoms with Crippen LogP contribution in [-0.4, -0.2) is 84.3 Å². The van der Waals surface area contributed by atoms with Gasteiger partial charge in [-0.1, -0.05) is 5.92 Å². The molecule has 1 saturated carbocycles. The fourth-order valence-corrected chi connectivity index (χ4v) is 3.70. The number of hydrogen-bond acceptors (Lipinski definition) is 8. The van der Waals surface area contributed by atoms with E-state index >= 15 is 0 Å². The second-order valence-electron chi connectivity index (χ2n) is 6.78. The van der Waals surface area contributed by atoms with Crippen molar-refractivity contribution in [1.29, 1.82) is 0 Å². The number of alkyl halides is 3. The predicted octanol–water partition coefficient (Wildman–Crippen LogP) is -0.854. The number of aliphatic imine (C=N–C) groups is 2. The molecule has 0 saturated heterocycles. The molecule has 0 aromatic carbocycles. The minimum Gasteiger partial charge on any atom is -0.390 e. The SMILES string of the molecule is OC1CN=C2c3ncn([C@@H]4CC([C@H](O)C#CC(F)(F)F)[C@@H](O)[C@H]4O)c3N=CN21. The van der Waals surface area contributed by atoms with E-state index in [-0.39, 0.29) is 13.0 Å². The second kappa shape index (κ2) is 6.56. The van der Waals surface area contributed by atoms with Crippen LogP contribution in [0.1, 0.15) is 18.2 Å². The quantitative estimate of drug-likeness (QED) is 0.480. The summed E-state index contributed by atoms with van der Waals surface area (Å²) in [6.45, 7) is 0.157. The van der Waals surface area contributed by atoms with Crippen LogP contribution in [0.4, 0.5) is 19.0 Å². The minimum absolute atomic E-state index is 0.0346. The minimum atomic E-state index is -4.76. The van der Waals surface area contributed by atoms with Crippen LogP contribution in [0, 0.1) is 17.8 Å². The molecule has 4 rings (SSSR count). The third-order valence-electron chi connectivity index (χ3n) is 5.07. The summed E-state index contributed by atoms with van der Waals surface area (Å²) in [5.41, 5.74) is 0.376. The number of nitrogens with zero attached hydrogens (tertiary/aromatic N) is 5. The van der Waals surface area contributed by atoms with E-state index in [2.05, 4.69) is 15.0 Å². The summed E-state index contributed by atoms with van der Waals surface area (Å²) in [6, 6.07) is -0.783. The summed E-state index contributed by atoms with van der Waals surface area (Å²) in [6.07, 6.45) is -7.51. The van der Waals surface area contributed by atoms with Gasteiger partial charge in [0, 0.05) is 11.8 Å². The Morgan fingerprint density at radius 2 is 1.96 bits per heavy atom. The molecule has 0 bridgehead atoms. The lowest BCUT2D eigenvalue weighted by molar-refractivity contribution is -0.0703. The lowest BCUT2D eigenvalue weighted by Gasteiger charge is -2.23. The van der Waals surface area contributed by atoms with Crippen molar-refractivity contribution < 1.29 is 33.6 Å². The zero-order valence-corrected chi connectivity index (χ0v) is 14.2. The van der Waals surface area contributed by atoms with E-state index in [0.717, 1.165) is 5.92 Å². The number of imidazole rings is 1. The van der Waals surface area contributed by atoms with E-state index in [9.17, 15) is 33.6 Å². The van der Waals surface area contributed by atoms with Gasteiger partial charge in [-0.2, -0.15) is 13.2 Å². The van der Waals surface area contributed by atoms with Crippen LogP contribution >= 0.6 is 0 Å². The molecule has 0 radical (unpaired) electrons. The Hall–Kier alpha value is -2.46. The summed E-state index contributed by atoms with van der Waals surface area (Å²) < 4.78 is 38.2. The van der Waals surface area contributed by atoms with E-state index < -0.39 is 42.7 Å². The van der Waals surface area contributed by atoms with Gasteiger partial charge < -0.3 is 25.0 Å². The molecule has 12 heteroatoms. The number of halogens is 3. The maximum atomic E-state index is 12.2. The maximum Gasteiger partial charge on any atom is 0.457 e. The summed E-state index contributed by atoms with van der Waals surface area (Å²) in [5, 5.41) is 40.4. The molecule has 4 N–H and O–H groups in total. The maximum absolute atomic E-state index is 12.2. The topological polar surface area (TPSA) is 127 Å². The number of amidine groups is 1. The molecule has 3 aliphatic rings. The van der Waals surface area contributed by atoms with Crippen LogP contribution in [0.5, 0.6) is 0 Å². The fraction of sp³-hybridized carbons (Fsp3) is 0.562. The molecule has 6 atom stereocenters. The van der Waals surface area contributed by atoms with Crippen molar-refractivity contribution in [1.82, 2.24) is 14.5 Å². The normalized spacial score (nSPS) is 32.5. The first-order valence-corrected chi connectivity index (χ1v) is 8.43. The molecule has 0 amide bonds. The van der Waals surface area contributed by atoms with Gasteiger partial charge in [0.2, 0.25) is 0 Å². The van der Waals surface area contributed by atoms with E-state index in [1.165, 1.54) is 22.1 Å². The van der Waals surface area contributed by atoms with Crippen molar-refractivity contribution in [3.63, 3.8) is 0 Å². The van der Waals surface area contributed by atoms with Crippen molar-refractivity contribution in [2.75, 3.05) is 6.54 Å². The number of aliphatic hydroxyl groups excluding tert-OH is 4. The van der Waals surface area contributed by atoms with Crippen LogP contribution in [0.25, 0.3) is 0 Å². The van der Waals surface area contributed by atoms with Crippen LogP contribution in [0.2, 0.25) is 0 Å². The zero-order valence-electron chi connectivity index (χ0n) is 14.2. The van der Waals surface area contributed by atoms with Crippen molar-refractivity contribution in [3.8, 4) is 11.8 Å². The first-order chi connectivity index (χ1) is 13.2. The predicted molar refractivity (Wildman–Crippen MR) is 88.6 cm³/mol.